The highest BCUT2D eigenvalue weighted by molar-refractivity contribution is 8.01. The lowest BCUT2D eigenvalue weighted by atomic mass is 9.86. The normalized spacial score (nSPS) is 25.0. The Hall–Kier alpha value is -2.02. The van der Waals surface area contributed by atoms with Gasteiger partial charge in [0.05, 0.1) is 17.4 Å². The number of fused-ring (bicyclic) bond motifs is 1. The maximum absolute atomic E-state index is 12.1. The second kappa shape index (κ2) is 8.58. The van der Waals surface area contributed by atoms with Crippen molar-refractivity contribution in [2.24, 2.45) is 5.92 Å². The topological polar surface area (TPSA) is 84.5 Å². The number of nitrogens with one attached hydrogen (secondary N) is 2. The first-order valence-electron chi connectivity index (χ1n) is 9.04. The van der Waals surface area contributed by atoms with Crippen LogP contribution in [-0.2, 0) is 19.1 Å². The Morgan fingerprint density at radius 2 is 2.04 bits per heavy atom. The molecular formula is C19H24N2O4S. The Balaban J connectivity index is 1.44. The summed E-state index contributed by atoms with van der Waals surface area (Å²) in [4.78, 5) is 37.1. The van der Waals surface area contributed by atoms with E-state index in [4.69, 9.17) is 4.74 Å². The first kappa shape index (κ1) is 18.8. The average Bonchev–Trinajstić information content (AvgIpc) is 2.62. The monoisotopic (exact) mass is 376 g/mol. The molecule has 7 heteroatoms. The Morgan fingerprint density at radius 1 is 1.27 bits per heavy atom. The van der Waals surface area contributed by atoms with Crippen molar-refractivity contribution < 1.29 is 19.1 Å². The Bertz CT molecular complexity index is 694. The number of anilines is 1. The number of amides is 2. The fraction of sp³-hybridized carbons (Fsp3) is 0.526. The van der Waals surface area contributed by atoms with Gasteiger partial charge in [-0.05, 0) is 30.9 Å². The van der Waals surface area contributed by atoms with Gasteiger partial charge >= 0.3 is 5.97 Å². The molecule has 1 aromatic rings. The Morgan fingerprint density at radius 3 is 2.85 bits per heavy atom. The van der Waals surface area contributed by atoms with Crippen LogP contribution in [0.4, 0.5) is 5.69 Å². The maximum Gasteiger partial charge on any atom is 0.307 e. The molecular weight excluding hydrogens is 352 g/mol. The molecule has 0 saturated heterocycles. The van der Waals surface area contributed by atoms with Crippen molar-refractivity contribution in [3.05, 3.63) is 24.3 Å². The van der Waals surface area contributed by atoms with Crippen LogP contribution in [0.2, 0.25) is 0 Å². The van der Waals surface area contributed by atoms with Gasteiger partial charge in [0.1, 0.15) is 0 Å². The second-order valence-corrected chi connectivity index (χ2v) is 8.14. The highest BCUT2D eigenvalue weighted by atomic mass is 32.2. The molecule has 0 bridgehead atoms. The summed E-state index contributed by atoms with van der Waals surface area (Å²) < 4.78 is 5.08. The molecule has 140 valence electrons. The number of para-hydroxylation sites is 1. The van der Waals surface area contributed by atoms with Crippen LogP contribution in [-0.4, -0.2) is 35.7 Å². The van der Waals surface area contributed by atoms with Crippen LogP contribution in [0, 0.1) is 5.92 Å². The third-order valence-electron chi connectivity index (χ3n) is 4.88. The van der Waals surface area contributed by atoms with Crippen LogP contribution < -0.4 is 10.6 Å². The van der Waals surface area contributed by atoms with Gasteiger partial charge in [-0.3, -0.25) is 14.4 Å². The van der Waals surface area contributed by atoms with E-state index in [9.17, 15) is 14.4 Å². The van der Waals surface area contributed by atoms with E-state index >= 15 is 0 Å². The van der Waals surface area contributed by atoms with E-state index in [0.717, 1.165) is 29.8 Å². The quantitative estimate of drug-likeness (QED) is 0.772. The predicted molar refractivity (Wildman–Crippen MR) is 99.9 cm³/mol. The van der Waals surface area contributed by atoms with Crippen molar-refractivity contribution in [3.63, 3.8) is 0 Å². The third-order valence-corrected chi connectivity index (χ3v) is 6.16. The number of carbonyl (C=O) groups excluding carboxylic acids is 3. The second-order valence-electron chi connectivity index (χ2n) is 6.89. The van der Waals surface area contributed by atoms with Crippen molar-refractivity contribution in [3.8, 4) is 0 Å². The molecule has 1 fully saturated rings. The highest BCUT2D eigenvalue weighted by Gasteiger charge is 2.30. The fourth-order valence-electron chi connectivity index (χ4n) is 3.36. The summed E-state index contributed by atoms with van der Waals surface area (Å²) in [5.41, 5.74) is 0.757. The lowest BCUT2D eigenvalue weighted by Crippen LogP contribution is -2.43. The van der Waals surface area contributed by atoms with Gasteiger partial charge in [0.25, 0.3) is 5.91 Å². The Labute approximate surface area is 157 Å². The Kier molecular flexibility index (Phi) is 6.19. The summed E-state index contributed by atoms with van der Waals surface area (Å²) in [7, 11) is 0. The summed E-state index contributed by atoms with van der Waals surface area (Å²) >= 11 is 1.34. The van der Waals surface area contributed by atoms with Gasteiger partial charge < -0.3 is 15.4 Å². The van der Waals surface area contributed by atoms with Crippen molar-refractivity contribution in [1.82, 2.24) is 5.32 Å². The minimum Gasteiger partial charge on any atom is -0.456 e. The molecule has 0 aromatic heterocycles. The van der Waals surface area contributed by atoms with Gasteiger partial charge in [0, 0.05) is 10.9 Å². The van der Waals surface area contributed by atoms with Gasteiger partial charge in [-0.15, -0.1) is 11.8 Å². The number of esters is 1. The summed E-state index contributed by atoms with van der Waals surface area (Å²) in [6, 6.07) is 7.61. The van der Waals surface area contributed by atoms with Crippen LogP contribution in [0.5, 0.6) is 0 Å². The van der Waals surface area contributed by atoms with E-state index in [-0.39, 0.29) is 30.9 Å². The van der Waals surface area contributed by atoms with E-state index in [1.807, 2.05) is 24.3 Å². The minimum absolute atomic E-state index is 0.0576. The van der Waals surface area contributed by atoms with E-state index in [0.29, 0.717) is 5.92 Å². The van der Waals surface area contributed by atoms with Gasteiger partial charge in [-0.2, -0.15) is 0 Å². The zero-order valence-electron chi connectivity index (χ0n) is 14.8. The predicted octanol–water partition coefficient (Wildman–Crippen LogP) is 2.73. The number of benzene rings is 1. The molecule has 3 atom stereocenters. The zero-order valence-corrected chi connectivity index (χ0v) is 15.6. The number of carbonyl (C=O) groups is 3. The molecule has 0 unspecified atom stereocenters. The van der Waals surface area contributed by atoms with E-state index in [1.54, 1.807) is 0 Å². The van der Waals surface area contributed by atoms with Gasteiger partial charge in [-0.1, -0.05) is 31.9 Å². The van der Waals surface area contributed by atoms with Crippen molar-refractivity contribution >= 4 is 35.2 Å². The number of hydrogen-bond donors (Lipinski definition) is 2. The highest BCUT2D eigenvalue weighted by Crippen LogP contribution is 2.36. The summed E-state index contributed by atoms with van der Waals surface area (Å²) in [5, 5.41) is 5.20. The van der Waals surface area contributed by atoms with Crippen LogP contribution in [0.15, 0.2) is 29.2 Å². The third kappa shape index (κ3) is 4.78. The van der Waals surface area contributed by atoms with E-state index < -0.39 is 11.2 Å². The van der Waals surface area contributed by atoms with E-state index in [2.05, 4.69) is 17.6 Å². The average molecular weight is 376 g/mol. The SMILES string of the molecule is C[C@@H]1CCCC[C@@H]1NC(=O)COC(=O)C[C@H]1Sc2ccccc2NC1=O. The van der Waals surface area contributed by atoms with Gasteiger partial charge in [0.2, 0.25) is 5.91 Å². The number of thioether (sulfide) groups is 1. The minimum atomic E-state index is -0.543. The molecule has 2 N–H and O–H groups in total. The smallest absolute Gasteiger partial charge is 0.307 e. The summed E-state index contributed by atoms with van der Waals surface area (Å²) in [6.45, 7) is 1.84. The molecule has 1 saturated carbocycles. The van der Waals surface area contributed by atoms with Crippen LogP contribution >= 0.6 is 11.8 Å². The molecule has 1 aliphatic carbocycles. The largest absolute Gasteiger partial charge is 0.456 e. The van der Waals surface area contributed by atoms with Crippen LogP contribution in [0.25, 0.3) is 0 Å². The fourth-order valence-corrected chi connectivity index (χ4v) is 4.46. The van der Waals surface area contributed by atoms with Crippen molar-refractivity contribution in [2.75, 3.05) is 11.9 Å². The van der Waals surface area contributed by atoms with Crippen molar-refractivity contribution in [1.29, 1.82) is 0 Å². The number of rotatable bonds is 5. The number of hydrogen-bond acceptors (Lipinski definition) is 5. The van der Waals surface area contributed by atoms with Gasteiger partial charge in [-0.25, -0.2) is 0 Å². The van der Waals surface area contributed by atoms with E-state index in [1.165, 1.54) is 18.2 Å². The molecule has 1 aromatic carbocycles. The lowest BCUT2D eigenvalue weighted by Gasteiger charge is -2.29. The molecule has 2 amide bonds. The molecule has 1 aliphatic heterocycles. The molecule has 26 heavy (non-hydrogen) atoms. The molecule has 0 radical (unpaired) electrons. The first-order valence-corrected chi connectivity index (χ1v) is 9.92. The maximum atomic E-state index is 12.1. The van der Waals surface area contributed by atoms with Gasteiger partial charge in [0.15, 0.2) is 6.61 Å². The van der Waals surface area contributed by atoms with Crippen LogP contribution in [0.3, 0.4) is 0 Å². The molecule has 2 aliphatic rings. The lowest BCUT2D eigenvalue weighted by molar-refractivity contribution is -0.149. The molecule has 0 spiro atoms. The molecule has 3 rings (SSSR count). The number of ether oxygens (including phenoxy) is 1. The molecule has 6 nitrogen and oxygen atoms in total. The van der Waals surface area contributed by atoms with Crippen molar-refractivity contribution in [2.45, 2.75) is 55.2 Å². The standard InChI is InChI=1S/C19H24N2O4S/c1-12-6-2-3-7-13(12)20-17(22)11-25-18(23)10-16-19(24)21-14-8-4-5-9-15(14)26-16/h4-5,8-9,12-13,16H,2-3,6-7,10-11H2,1H3,(H,20,22)(H,21,24)/t12-,13+,16-/m1/s1. The summed E-state index contributed by atoms with van der Waals surface area (Å²) in [6.07, 6.45) is 4.34. The van der Waals surface area contributed by atoms with Crippen LogP contribution in [0.1, 0.15) is 39.0 Å². The zero-order chi connectivity index (χ0) is 18.5. The summed E-state index contributed by atoms with van der Waals surface area (Å²) in [5.74, 6) is -0.580. The first-order chi connectivity index (χ1) is 12.5. The molecule has 1 heterocycles.